The number of nitrogens with one attached hydrogen (secondary N) is 1. The Morgan fingerprint density at radius 1 is 1.56 bits per heavy atom. The second-order valence-electron chi connectivity index (χ2n) is 4.25. The molecule has 0 aliphatic heterocycles. The largest absolute Gasteiger partial charge is 0.393 e. The molecule has 0 aliphatic rings. The predicted molar refractivity (Wildman–Crippen MR) is 65.8 cm³/mol. The minimum atomic E-state index is -0.492. The van der Waals surface area contributed by atoms with Crippen LogP contribution >= 0.6 is 0 Å². The number of nitrogens with two attached hydrogens (primary N) is 1. The fourth-order valence-corrected chi connectivity index (χ4v) is 1.70. The number of rotatable bonds is 8. The van der Waals surface area contributed by atoms with E-state index >= 15 is 0 Å². The van der Waals surface area contributed by atoms with Gasteiger partial charge in [0.05, 0.1) is 12.1 Å². The zero-order valence-electron chi connectivity index (χ0n) is 10.4. The number of amides is 1. The van der Waals surface area contributed by atoms with Gasteiger partial charge in [0.15, 0.2) is 0 Å². The van der Waals surface area contributed by atoms with Gasteiger partial charge in [-0.2, -0.15) is 0 Å². The van der Waals surface area contributed by atoms with Crippen LogP contribution in [0.5, 0.6) is 0 Å². The highest BCUT2D eigenvalue weighted by molar-refractivity contribution is 5.80. The molecular weight excluding hydrogens is 204 g/mol. The van der Waals surface area contributed by atoms with Crippen molar-refractivity contribution in [3.8, 4) is 0 Å². The van der Waals surface area contributed by atoms with Gasteiger partial charge in [-0.15, -0.1) is 6.58 Å². The maximum Gasteiger partial charge on any atom is 0.235 e. The lowest BCUT2D eigenvalue weighted by Crippen LogP contribution is -2.49. The molecule has 94 valence electrons. The molecule has 0 aromatic carbocycles. The third kappa shape index (κ3) is 4.33. The molecule has 0 rings (SSSR count). The lowest BCUT2D eigenvalue weighted by Gasteiger charge is -2.29. The van der Waals surface area contributed by atoms with Crippen molar-refractivity contribution in [1.82, 2.24) is 5.32 Å². The number of carbonyl (C=O) groups excluding carboxylic acids is 1. The van der Waals surface area contributed by atoms with Gasteiger partial charge >= 0.3 is 0 Å². The topological polar surface area (TPSA) is 75.3 Å². The first-order chi connectivity index (χ1) is 7.45. The Labute approximate surface area is 97.9 Å². The first kappa shape index (κ1) is 15.1. The molecule has 0 saturated heterocycles. The van der Waals surface area contributed by atoms with E-state index in [0.717, 1.165) is 13.0 Å². The highest BCUT2D eigenvalue weighted by atomic mass is 16.3. The van der Waals surface area contributed by atoms with E-state index in [0.29, 0.717) is 0 Å². The summed E-state index contributed by atoms with van der Waals surface area (Å²) >= 11 is 0. The number of aliphatic hydroxyl groups excluding tert-OH is 1. The van der Waals surface area contributed by atoms with Gasteiger partial charge in [-0.3, -0.25) is 4.79 Å². The molecule has 0 saturated carbocycles. The van der Waals surface area contributed by atoms with Gasteiger partial charge < -0.3 is 16.2 Å². The van der Waals surface area contributed by atoms with E-state index in [9.17, 15) is 9.90 Å². The zero-order valence-corrected chi connectivity index (χ0v) is 10.4. The maximum absolute atomic E-state index is 11.4. The first-order valence-electron chi connectivity index (χ1n) is 5.79. The van der Waals surface area contributed by atoms with Crippen molar-refractivity contribution in [1.29, 1.82) is 0 Å². The molecule has 0 bridgehead atoms. The van der Waals surface area contributed by atoms with Crippen molar-refractivity contribution in [2.45, 2.75) is 39.3 Å². The van der Waals surface area contributed by atoms with Gasteiger partial charge in [-0.1, -0.05) is 19.9 Å². The third-order valence-electron chi connectivity index (χ3n) is 2.95. The van der Waals surface area contributed by atoms with Crippen LogP contribution in [-0.2, 0) is 4.79 Å². The van der Waals surface area contributed by atoms with E-state index in [1.165, 1.54) is 0 Å². The minimum Gasteiger partial charge on any atom is -0.393 e. The van der Waals surface area contributed by atoms with Crippen LogP contribution in [0.2, 0.25) is 0 Å². The monoisotopic (exact) mass is 228 g/mol. The second-order valence-corrected chi connectivity index (χ2v) is 4.25. The molecule has 4 atom stereocenters. The van der Waals surface area contributed by atoms with E-state index in [-0.39, 0.29) is 11.8 Å². The highest BCUT2D eigenvalue weighted by Gasteiger charge is 2.30. The lowest BCUT2D eigenvalue weighted by molar-refractivity contribution is -0.121. The van der Waals surface area contributed by atoms with Gasteiger partial charge in [-0.05, 0) is 25.8 Å². The molecular formula is C12H24N2O2. The van der Waals surface area contributed by atoms with Crippen molar-refractivity contribution < 1.29 is 9.90 Å². The van der Waals surface area contributed by atoms with Gasteiger partial charge in [-0.25, -0.2) is 0 Å². The molecule has 0 heterocycles. The molecule has 4 N–H and O–H groups in total. The molecule has 0 aliphatic carbocycles. The molecule has 4 heteroatoms. The van der Waals surface area contributed by atoms with Crippen molar-refractivity contribution >= 4 is 5.91 Å². The van der Waals surface area contributed by atoms with Crippen LogP contribution in [0.1, 0.15) is 27.2 Å². The summed E-state index contributed by atoms with van der Waals surface area (Å²) in [6.07, 6.45) is 2.12. The summed E-state index contributed by atoms with van der Waals surface area (Å²) in [6, 6.07) is -0.456. The SMILES string of the molecule is C=C[C@@H](C(NCCC)C(N)=O)[C@H](C)[C@H](C)O. The van der Waals surface area contributed by atoms with E-state index in [1.807, 2.05) is 13.8 Å². The van der Waals surface area contributed by atoms with Gasteiger partial charge in [0, 0.05) is 5.92 Å². The van der Waals surface area contributed by atoms with Crippen LogP contribution < -0.4 is 11.1 Å². The summed E-state index contributed by atoms with van der Waals surface area (Å²) in [5.74, 6) is -0.603. The van der Waals surface area contributed by atoms with E-state index in [4.69, 9.17) is 5.73 Å². The molecule has 0 radical (unpaired) electrons. The molecule has 0 aromatic heterocycles. The van der Waals surface area contributed by atoms with Gasteiger partial charge in [0.2, 0.25) is 5.91 Å². The molecule has 1 amide bonds. The Hall–Kier alpha value is -0.870. The maximum atomic E-state index is 11.4. The number of primary amides is 1. The second kappa shape index (κ2) is 7.41. The van der Waals surface area contributed by atoms with Crippen molar-refractivity contribution in [3.63, 3.8) is 0 Å². The standard InChI is InChI=1S/C12H24N2O2/c1-5-7-14-11(12(13)16)10(6-2)8(3)9(4)15/h6,8-11,14-15H,2,5,7H2,1,3-4H3,(H2,13,16)/t8-,9+,10-,11?/m1/s1. The first-order valence-corrected chi connectivity index (χ1v) is 5.79. The Morgan fingerprint density at radius 2 is 2.12 bits per heavy atom. The Balaban J connectivity index is 4.70. The minimum absolute atomic E-state index is 0.0562. The number of aliphatic hydroxyl groups is 1. The van der Waals surface area contributed by atoms with E-state index < -0.39 is 18.1 Å². The smallest absolute Gasteiger partial charge is 0.235 e. The zero-order chi connectivity index (χ0) is 12.7. The molecule has 4 nitrogen and oxygen atoms in total. The molecule has 0 aromatic rings. The average molecular weight is 228 g/mol. The summed E-state index contributed by atoms with van der Waals surface area (Å²) in [4.78, 5) is 11.4. The number of hydrogen-bond acceptors (Lipinski definition) is 3. The summed E-state index contributed by atoms with van der Waals surface area (Å²) in [6.45, 7) is 10.1. The van der Waals surface area contributed by atoms with Crippen LogP contribution in [0.4, 0.5) is 0 Å². The highest BCUT2D eigenvalue weighted by Crippen LogP contribution is 2.20. The number of carbonyl (C=O) groups is 1. The van der Waals surface area contributed by atoms with Crippen molar-refractivity contribution in [2.75, 3.05) is 6.54 Å². The summed E-state index contributed by atoms with van der Waals surface area (Å²) < 4.78 is 0. The fourth-order valence-electron chi connectivity index (χ4n) is 1.70. The third-order valence-corrected chi connectivity index (χ3v) is 2.95. The van der Waals surface area contributed by atoms with Crippen LogP contribution in [0.25, 0.3) is 0 Å². The fraction of sp³-hybridized carbons (Fsp3) is 0.750. The molecule has 0 spiro atoms. The van der Waals surface area contributed by atoms with Crippen molar-refractivity contribution in [3.05, 3.63) is 12.7 Å². The average Bonchev–Trinajstić information content (AvgIpc) is 2.22. The summed E-state index contributed by atoms with van der Waals surface area (Å²) in [5.41, 5.74) is 5.36. The number of hydrogen-bond donors (Lipinski definition) is 3. The van der Waals surface area contributed by atoms with Crippen LogP contribution in [0, 0.1) is 11.8 Å². The molecule has 16 heavy (non-hydrogen) atoms. The summed E-state index contributed by atoms with van der Waals surface area (Å²) in [7, 11) is 0. The van der Waals surface area contributed by atoms with Crippen molar-refractivity contribution in [2.24, 2.45) is 17.6 Å². The molecule has 0 fully saturated rings. The lowest BCUT2D eigenvalue weighted by atomic mass is 9.83. The molecule has 1 unspecified atom stereocenters. The Kier molecular flexibility index (Phi) is 7.01. The van der Waals surface area contributed by atoms with Gasteiger partial charge in [0.1, 0.15) is 0 Å². The van der Waals surface area contributed by atoms with E-state index in [2.05, 4.69) is 11.9 Å². The van der Waals surface area contributed by atoms with Crippen LogP contribution in [0.3, 0.4) is 0 Å². The summed E-state index contributed by atoms with van der Waals surface area (Å²) in [5, 5.41) is 12.6. The van der Waals surface area contributed by atoms with E-state index in [1.54, 1.807) is 13.0 Å². The normalized spacial score (nSPS) is 18.5. The Morgan fingerprint density at radius 3 is 2.44 bits per heavy atom. The van der Waals surface area contributed by atoms with Crippen LogP contribution in [-0.4, -0.2) is 29.7 Å². The Bertz CT molecular complexity index is 229. The predicted octanol–water partition coefficient (Wildman–Crippen LogP) is 0.659. The van der Waals surface area contributed by atoms with Gasteiger partial charge in [0.25, 0.3) is 0 Å². The van der Waals surface area contributed by atoms with Crippen LogP contribution in [0.15, 0.2) is 12.7 Å². The quantitative estimate of drug-likeness (QED) is 0.534.